The fourth-order valence-corrected chi connectivity index (χ4v) is 3.40. The number of imidazole rings is 1. The van der Waals surface area contributed by atoms with Gasteiger partial charge in [-0.15, -0.1) is 0 Å². The van der Waals surface area contributed by atoms with Gasteiger partial charge in [-0.3, -0.25) is 0 Å². The first kappa shape index (κ1) is 11.7. The molecule has 96 valence electrons. The number of nitrogens with two attached hydrogens (primary N) is 1. The largest absolute Gasteiger partial charge is 0.342 e. The number of rotatable bonds is 2. The van der Waals surface area contributed by atoms with Crippen molar-refractivity contribution in [2.45, 2.75) is 44.4 Å². The van der Waals surface area contributed by atoms with Crippen LogP contribution in [0.4, 0.5) is 0 Å². The molecule has 0 unspecified atom stereocenters. The summed E-state index contributed by atoms with van der Waals surface area (Å²) >= 11 is 0. The summed E-state index contributed by atoms with van der Waals surface area (Å²) in [5, 5.41) is 0. The summed E-state index contributed by atoms with van der Waals surface area (Å²) in [4.78, 5) is 8.00. The summed E-state index contributed by atoms with van der Waals surface area (Å²) in [5.74, 6) is 0.987. The maximum absolute atomic E-state index is 6.13. The van der Waals surface area contributed by atoms with E-state index in [1.54, 1.807) is 0 Å². The molecular weight excluding hydrogens is 222 g/mol. The van der Waals surface area contributed by atoms with Gasteiger partial charge in [0.2, 0.25) is 0 Å². The molecule has 18 heavy (non-hydrogen) atoms. The number of benzene rings is 1. The quantitative estimate of drug-likeness (QED) is 0.851. The van der Waals surface area contributed by atoms with Crippen LogP contribution in [-0.2, 0) is 5.41 Å². The zero-order valence-corrected chi connectivity index (χ0v) is 11.0. The number of aromatic amines is 1. The summed E-state index contributed by atoms with van der Waals surface area (Å²) in [7, 11) is 0. The minimum atomic E-state index is 0.152. The van der Waals surface area contributed by atoms with Gasteiger partial charge < -0.3 is 10.7 Å². The predicted molar refractivity (Wildman–Crippen MR) is 74.6 cm³/mol. The van der Waals surface area contributed by atoms with Gasteiger partial charge in [0.25, 0.3) is 0 Å². The average molecular weight is 243 g/mol. The lowest BCUT2D eigenvalue weighted by molar-refractivity contribution is 0.302. The fraction of sp³-hybridized carbons (Fsp3) is 0.533. The Balaban J connectivity index is 2.16. The third-order valence-corrected chi connectivity index (χ3v) is 4.40. The van der Waals surface area contributed by atoms with E-state index in [1.165, 1.54) is 37.7 Å². The van der Waals surface area contributed by atoms with Gasteiger partial charge >= 0.3 is 0 Å². The smallest absolute Gasteiger partial charge is 0.104 e. The van der Waals surface area contributed by atoms with Crippen molar-refractivity contribution in [2.75, 3.05) is 6.54 Å². The van der Waals surface area contributed by atoms with E-state index >= 15 is 0 Å². The van der Waals surface area contributed by atoms with Gasteiger partial charge in [-0.2, -0.15) is 0 Å². The van der Waals surface area contributed by atoms with Crippen LogP contribution in [0.15, 0.2) is 18.2 Å². The normalized spacial score (nSPS) is 19.2. The molecule has 3 nitrogen and oxygen atoms in total. The highest BCUT2D eigenvalue weighted by Crippen LogP contribution is 2.40. The van der Waals surface area contributed by atoms with Crippen LogP contribution in [0.25, 0.3) is 11.0 Å². The number of aromatic nitrogens is 2. The van der Waals surface area contributed by atoms with Crippen molar-refractivity contribution >= 4 is 11.0 Å². The zero-order chi connectivity index (χ0) is 12.6. The van der Waals surface area contributed by atoms with Crippen molar-refractivity contribution in [1.82, 2.24) is 9.97 Å². The molecule has 1 fully saturated rings. The van der Waals surface area contributed by atoms with Crippen LogP contribution in [0, 0.1) is 6.92 Å². The van der Waals surface area contributed by atoms with E-state index in [-0.39, 0.29) is 5.41 Å². The summed E-state index contributed by atoms with van der Waals surface area (Å²) in [6.45, 7) is 2.75. The fourth-order valence-electron chi connectivity index (χ4n) is 3.40. The third-order valence-electron chi connectivity index (χ3n) is 4.40. The van der Waals surface area contributed by atoms with Crippen molar-refractivity contribution in [3.63, 3.8) is 0 Å². The first-order valence-electron chi connectivity index (χ1n) is 6.91. The molecule has 0 bridgehead atoms. The molecule has 0 atom stereocenters. The molecule has 3 heteroatoms. The van der Waals surface area contributed by atoms with Crippen molar-refractivity contribution < 1.29 is 0 Å². The number of hydrogen-bond acceptors (Lipinski definition) is 2. The van der Waals surface area contributed by atoms with E-state index < -0.39 is 0 Å². The van der Waals surface area contributed by atoms with E-state index in [4.69, 9.17) is 5.73 Å². The van der Waals surface area contributed by atoms with Crippen LogP contribution in [-0.4, -0.2) is 16.5 Å². The van der Waals surface area contributed by atoms with Crippen molar-refractivity contribution in [1.29, 1.82) is 0 Å². The maximum Gasteiger partial charge on any atom is 0.104 e. The second-order valence-electron chi connectivity index (χ2n) is 5.57. The Bertz CT molecular complexity index is 550. The number of hydrogen-bond donors (Lipinski definition) is 2. The van der Waals surface area contributed by atoms with Gasteiger partial charge in [0, 0.05) is 12.0 Å². The SMILES string of the molecule is Cc1nc2c(C3(CN)CCCCC3)cccc2[nH]1. The van der Waals surface area contributed by atoms with Crippen LogP contribution in [0.5, 0.6) is 0 Å². The lowest BCUT2D eigenvalue weighted by Crippen LogP contribution is -2.37. The van der Waals surface area contributed by atoms with Crippen LogP contribution in [0.1, 0.15) is 43.5 Å². The Morgan fingerprint density at radius 2 is 2.06 bits per heavy atom. The molecule has 0 radical (unpaired) electrons. The van der Waals surface area contributed by atoms with Gasteiger partial charge in [0.1, 0.15) is 5.82 Å². The lowest BCUT2D eigenvalue weighted by atomic mass is 9.69. The topological polar surface area (TPSA) is 54.7 Å². The molecule has 3 rings (SSSR count). The minimum absolute atomic E-state index is 0.152. The number of fused-ring (bicyclic) bond motifs is 1. The first-order valence-corrected chi connectivity index (χ1v) is 6.91. The van der Waals surface area contributed by atoms with E-state index in [0.717, 1.165) is 23.4 Å². The molecule has 2 aromatic rings. The highest BCUT2D eigenvalue weighted by atomic mass is 14.9. The summed E-state index contributed by atoms with van der Waals surface area (Å²) in [6.07, 6.45) is 6.33. The van der Waals surface area contributed by atoms with E-state index in [9.17, 15) is 0 Å². The maximum atomic E-state index is 6.13. The molecule has 1 aromatic carbocycles. The standard InChI is InChI=1S/C15H21N3/c1-11-17-13-7-5-6-12(14(13)18-11)15(10-16)8-3-2-4-9-15/h5-7H,2-4,8-10,16H2,1H3,(H,17,18). The van der Waals surface area contributed by atoms with Gasteiger partial charge in [-0.25, -0.2) is 4.98 Å². The summed E-state index contributed by atoms with van der Waals surface area (Å²) in [5.41, 5.74) is 9.90. The van der Waals surface area contributed by atoms with E-state index in [1.807, 2.05) is 6.92 Å². The van der Waals surface area contributed by atoms with Gasteiger partial charge in [-0.05, 0) is 31.4 Å². The molecule has 0 spiro atoms. The Kier molecular flexibility index (Phi) is 2.86. The van der Waals surface area contributed by atoms with Crippen molar-refractivity contribution in [3.8, 4) is 0 Å². The molecule has 1 saturated carbocycles. The molecule has 0 saturated heterocycles. The van der Waals surface area contributed by atoms with Crippen LogP contribution in [0.2, 0.25) is 0 Å². The number of para-hydroxylation sites is 1. The number of nitrogens with zero attached hydrogens (tertiary/aromatic N) is 1. The Labute approximate surface area is 108 Å². The van der Waals surface area contributed by atoms with Crippen LogP contribution < -0.4 is 5.73 Å². The molecule has 1 aliphatic carbocycles. The number of aryl methyl sites for hydroxylation is 1. The highest BCUT2D eigenvalue weighted by Gasteiger charge is 2.34. The second kappa shape index (κ2) is 4.39. The average Bonchev–Trinajstić information content (AvgIpc) is 2.79. The molecule has 0 aliphatic heterocycles. The molecule has 1 heterocycles. The monoisotopic (exact) mass is 243 g/mol. The van der Waals surface area contributed by atoms with Gasteiger partial charge in [0.05, 0.1) is 11.0 Å². The molecular formula is C15H21N3. The zero-order valence-electron chi connectivity index (χ0n) is 11.0. The van der Waals surface area contributed by atoms with Crippen LogP contribution >= 0.6 is 0 Å². The van der Waals surface area contributed by atoms with Gasteiger partial charge in [0.15, 0.2) is 0 Å². The first-order chi connectivity index (χ1) is 8.75. The minimum Gasteiger partial charge on any atom is -0.342 e. The lowest BCUT2D eigenvalue weighted by Gasteiger charge is -2.36. The highest BCUT2D eigenvalue weighted by molar-refractivity contribution is 5.80. The molecule has 3 N–H and O–H groups in total. The number of H-pyrrole nitrogens is 1. The van der Waals surface area contributed by atoms with Gasteiger partial charge in [-0.1, -0.05) is 31.4 Å². The van der Waals surface area contributed by atoms with E-state index in [2.05, 4.69) is 28.2 Å². The summed E-state index contributed by atoms with van der Waals surface area (Å²) in [6, 6.07) is 6.45. The molecule has 1 aromatic heterocycles. The number of nitrogens with one attached hydrogen (secondary N) is 1. The summed E-state index contributed by atoms with van der Waals surface area (Å²) < 4.78 is 0. The Morgan fingerprint density at radius 3 is 2.78 bits per heavy atom. The molecule has 0 amide bonds. The van der Waals surface area contributed by atoms with Crippen molar-refractivity contribution in [2.24, 2.45) is 5.73 Å². The van der Waals surface area contributed by atoms with Crippen LogP contribution in [0.3, 0.4) is 0 Å². The Hall–Kier alpha value is -1.35. The molecule has 1 aliphatic rings. The third kappa shape index (κ3) is 1.74. The predicted octanol–water partition coefficient (Wildman–Crippen LogP) is 3.03. The van der Waals surface area contributed by atoms with E-state index in [0.29, 0.717) is 0 Å². The second-order valence-corrected chi connectivity index (χ2v) is 5.57. The Morgan fingerprint density at radius 1 is 1.28 bits per heavy atom. The van der Waals surface area contributed by atoms with Crippen molar-refractivity contribution in [3.05, 3.63) is 29.6 Å².